The summed E-state index contributed by atoms with van der Waals surface area (Å²) >= 11 is 1.36. The molecule has 0 saturated carbocycles. The summed E-state index contributed by atoms with van der Waals surface area (Å²) in [6.45, 7) is 1.19. The minimum atomic E-state index is -4.34. The Hall–Kier alpha value is -2.10. The van der Waals surface area contributed by atoms with Crippen LogP contribution in [0.25, 0.3) is 0 Å². The Morgan fingerprint density at radius 3 is 2.64 bits per heavy atom. The number of aromatic nitrogens is 1. The normalized spacial score (nSPS) is 14.9. The molecular formula is C16H14F3N3O2S. The van der Waals surface area contributed by atoms with Crippen LogP contribution >= 0.6 is 11.9 Å². The lowest BCUT2D eigenvalue weighted by atomic mass is 10.1. The molecular weight excluding hydrogens is 355 g/mol. The molecule has 0 spiro atoms. The maximum absolute atomic E-state index is 12.6. The van der Waals surface area contributed by atoms with Crippen molar-refractivity contribution in [3.63, 3.8) is 0 Å². The zero-order valence-corrected chi connectivity index (χ0v) is 13.7. The molecule has 0 fully saturated rings. The second-order valence-electron chi connectivity index (χ2n) is 5.50. The van der Waals surface area contributed by atoms with E-state index in [1.54, 1.807) is 11.5 Å². The van der Waals surface area contributed by atoms with E-state index in [2.05, 4.69) is 4.98 Å². The van der Waals surface area contributed by atoms with Crippen molar-refractivity contribution in [3.8, 4) is 0 Å². The predicted molar refractivity (Wildman–Crippen MR) is 84.9 cm³/mol. The summed E-state index contributed by atoms with van der Waals surface area (Å²) in [4.78, 5) is 16.4. The maximum Gasteiger partial charge on any atom is 0.416 e. The first-order valence-corrected chi connectivity index (χ1v) is 8.16. The van der Waals surface area contributed by atoms with Gasteiger partial charge < -0.3 is 0 Å². The average molecular weight is 369 g/mol. The minimum absolute atomic E-state index is 0.252. The molecule has 0 atom stereocenters. The summed E-state index contributed by atoms with van der Waals surface area (Å²) in [6, 6.07) is 6.66. The Kier molecular flexibility index (Phi) is 4.98. The van der Waals surface area contributed by atoms with Crippen molar-refractivity contribution in [1.82, 2.24) is 14.8 Å². The van der Waals surface area contributed by atoms with Crippen molar-refractivity contribution >= 4 is 17.9 Å². The van der Waals surface area contributed by atoms with Gasteiger partial charge in [0.05, 0.1) is 11.1 Å². The molecule has 1 aromatic heterocycles. The van der Waals surface area contributed by atoms with Crippen molar-refractivity contribution in [1.29, 1.82) is 0 Å². The topological polar surface area (TPSA) is 65.5 Å². The average Bonchev–Trinajstić information content (AvgIpc) is 2.60. The summed E-state index contributed by atoms with van der Waals surface area (Å²) in [6.07, 6.45) is -2.27. The van der Waals surface area contributed by atoms with Crippen LogP contribution in [-0.2, 0) is 19.1 Å². The van der Waals surface area contributed by atoms with E-state index >= 15 is 0 Å². The van der Waals surface area contributed by atoms with Crippen LogP contribution in [0.15, 0.2) is 41.4 Å². The summed E-state index contributed by atoms with van der Waals surface area (Å²) in [5, 5.41) is 8.70. The fourth-order valence-corrected chi connectivity index (χ4v) is 3.46. The molecule has 2 heterocycles. The highest BCUT2D eigenvalue weighted by Crippen LogP contribution is 2.33. The van der Waals surface area contributed by atoms with Gasteiger partial charge in [-0.15, -0.1) is 0 Å². The Balaban J connectivity index is 1.71. The van der Waals surface area contributed by atoms with Crippen molar-refractivity contribution in [2.45, 2.75) is 24.0 Å². The number of hydrogen-bond donors (Lipinski definition) is 2. The van der Waals surface area contributed by atoms with Crippen molar-refractivity contribution < 1.29 is 23.2 Å². The fourth-order valence-electron chi connectivity index (χ4n) is 2.52. The second-order valence-corrected chi connectivity index (χ2v) is 6.67. The van der Waals surface area contributed by atoms with E-state index in [1.165, 1.54) is 30.3 Å². The zero-order chi connectivity index (χ0) is 18.0. The predicted octanol–water partition coefficient (Wildman–Crippen LogP) is 3.28. The molecule has 0 unspecified atom stereocenters. The number of carbonyl (C=O) groups is 1. The molecule has 1 aliphatic heterocycles. The molecule has 0 aliphatic carbocycles. The number of carbonyl (C=O) groups excluding carboxylic acids is 1. The maximum atomic E-state index is 12.6. The van der Waals surface area contributed by atoms with Gasteiger partial charge in [-0.2, -0.15) is 13.2 Å². The quantitative estimate of drug-likeness (QED) is 0.494. The first kappa shape index (κ1) is 17.7. The van der Waals surface area contributed by atoms with E-state index in [1.807, 2.05) is 4.31 Å². The van der Waals surface area contributed by atoms with Crippen LogP contribution in [0.2, 0.25) is 0 Å². The number of nitrogens with one attached hydrogen (secondary N) is 1. The van der Waals surface area contributed by atoms with Gasteiger partial charge in [-0.25, -0.2) is 9.79 Å². The van der Waals surface area contributed by atoms with Crippen LogP contribution < -0.4 is 5.48 Å². The van der Waals surface area contributed by atoms with Crippen molar-refractivity contribution in [2.24, 2.45) is 0 Å². The minimum Gasteiger partial charge on any atom is -0.288 e. The molecule has 2 aromatic rings. The molecule has 1 aromatic carbocycles. The van der Waals surface area contributed by atoms with Crippen LogP contribution in [-0.4, -0.2) is 26.9 Å². The molecule has 5 nitrogen and oxygen atoms in total. The number of amides is 1. The number of halogens is 3. The van der Waals surface area contributed by atoms with Crippen LogP contribution in [0.1, 0.15) is 27.2 Å². The summed E-state index contributed by atoms with van der Waals surface area (Å²) in [5.74, 6) is -0.636. The number of fused-ring (bicyclic) bond motifs is 1. The van der Waals surface area contributed by atoms with Gasteiger partial charge >= 0.3 is 6.18 Å². The number of rotatable bonds is 3. The molecule has 25 heavy (non-hydrogen) atoms. The van der Waals surface area contributed by atoms with Gasteiger partial charge in [0.25, 0.3) is 5.91 Å². The summed E-state index contributed by atoms with van der Waals surface area (Å²) in [5.41, 5.74) is 2.87. The van der Waals surface area contributed by atoms with Crippen LogP contribution in [0, 0.1) is 0 Å². The van der Waals surface area contributed by atoms with Gasteiger partial charge in [-0.05, 0) is 47.8 Å². The van der Waals surface area contributed by atoms with Crippen LogP contribution in [0.4, 0.5) is 13.2 Å². The SMILES string of the molecule is O=C(NO)c1cnc2c(c1)CN(Sc1ccc(C(F)(F)F)cc1)CC2. The van der Waals surface area contributed by atoms with Gasteiger partial charge in [0.2, 0.25) is 0 Å². The largest absolute Gasteiger partial charge is 0.416 e. The molecule has 2 N–H and O–H groups in total. The van der Waals surface area contributed by atoms with E-state index in [-0.39, 0.29) is 5.56 Å². The first-order chi connectivity index (χ1) is 11.9. The third-order valence-corrected chi connectivity index (χ3v) is 4.84. The summed E-state index contributed by atoms with van der Waals surface area (Å²) in [7, 11) is 0. The third kappa shape index (κ3) is 4.12. The zero-order valence-electron chi connectivity index (χ0n) is 12.9. The van der Waals surface area contributed by atoms with E-state index < -0.39 is 17.6 Å². The Morgan fingerprint density at radius 2 is 2.00 bits per heavy atom. The number of benzene rings is 1. The number of alkyl halides is 3. The third-order valence-electron chi connectivity index (χ3n) is 3.78. The molecule has 132 valence electrons. The molecule has 0 bridgehead atoms. The van der Waals surface area contributed by atoms with E-state index in [0.717, 1.165) is 23.4 Å². The lowest BCUT2D eigenvalue weighted by Gasteiger charge is -2.27. The Bertz CT molecular complexity index is 781. The smallest absolute Gasteiger partial charge is 0.288 e. The fraction of sp³-hybridized carbons (Fsp3) is 0.250. The summed E-state index contributed by atoms with van der Waals surface area (Å²) < 4.78 is 39.8. The van der Waals surface area contributed by atoms with Gasteiger partial charge in [0.1, 0.15) is 0 Å². The van der Waals surface area contributed by atoms with Gasteiger partial charge in [0.15, 0.2) is 0 Å². The first-order valence-electron chi connectivity index (χ1n) is 7.39. The van der Waals surface area contributed by atoms with Gasteiger partial charge in [-0.3, -0.25) is 15.0 Å². The molecule has 1 amide bonds. The van der Waals surface area contributed by atoms with E-state index in [0.29, 0.717) is 24.4 Å². The van der Waals surface area contributed by atoms with Crippen LogP contribution in [0.5, 0.6) is 0 Å². The Morgan fingerprint density at radius 1 is 1.28 bits per heavy atom. The lowest BCUT2D eigenvalue weighted by Crippen LogP contribution is -2.27. The van der Waals surface area contributed by atoms with Crippen LogP contribution in [0.3, 0.4) is 0 Å². The van der Waals surface area contributed by atoms with Gasteiger partial charge in [0, 0.05) is 36.3 Å². The molecule has 0 saturated heterocycles. The number of hydrogen-bond acceptors (Lipinski definition) is 5. The van der Waals surface area contributed by atoms with Crippen molar-refractivity contribution in [3.05, 3.63) is 58.9 Å². The number of pyridine rings is 1. The second kappa shape index (κ2) is 7.03. The molecule has 0 radical (unpaired) electrons. The van der Waals surface area contributed by atoms with E-state index in [4.69, 9.17) is 5.21 Å². The standard InChI is InChI=1S/C16H14F3N3O2S/c17-16(18,19)12-1-3-13(4-2-12)25-22-6-5-14-11(9-22)7-10(8-20-14)15(23)21-24/h1-4,7-8,24H,5-6,9H2,(H,21,23). The molecule has 3 rings (SSSR count). The molecule has 9 heteroatoms. The molecule has 1 aliphatic rings. The highest BCUT2D eigenvalue weighted by molar-refractivity contribution is 7.97. The van der Waals surface area contributed by atoms with Crippen molar-refractivity contribution in [2.75, 3.05) is 6.54 Å². The number of nitrogens with zero attached hydrogens (tertiary/aromatic N) is 2. The van der Waals surface area contributed by atoms with E-state index in [9.17, 15) is 18.0 Å². The monoisotopic (exact) mass is 369 g/mol. The lowest BCUT2D eigenvalue weighted by molar-refractivity contribution is -0.137. The number of hydroxylamine groups is 1. The Labute approximate surface area is 146 Å². The highest BCUT2D eigenvalue weighted by atomic mass is 32.2. The highest BCUT2D eigenvalue weighted by Gasteiger charge is 2.30. The van der Waals surface area contributed by atoms with Gasteiger partial charge in [-0.1, -0.05) is 0 Å².